The molecule has 0 saturated heterocycles. The number of halogens is 1. The predicted molar refractivity (Wildman–Crippen MR) is 84.3 cm³/mol. The van der Waals surface area contributed by atoms with Crippen molar-refractivity contribution in [2.75, 3.05) is 20.8 Å². The molecule has 0 aliphatic carbocycles. The normalized spacial score (nSPS) is 10.3. The van der Waals surface area contributed by atoms with Gasteiger partial charge < -0.3 is 14.2 Å². The zero-order chi connectivity index (χ0) is 15.4. The molecule has 0 amide bonds. The van der Waals surface area contributed by atoms with Crippen molar-refractivity contribution in [2.24, 2.45) is 0 Å². The highest BCUT2D eigenvalue weighted by Crippen LogP contribution is 2.36. The van der Waals surface area contributed by atoms with Gasteiger partial charge in [-0.05, 0) is 41.1 Å². The second-order valence-corrected chi connectivity index (χ2v) is 6.21. The molecule has 0 bridgehead atoms. The zero-order valence-corrected chi connectivity index (χ0v) is 14.2. The number of hydrogen-bond acceptors (Lipinski definition) is 6. The summed E-state index contributed by atoms with van der Waals surface area (Å²) >= 11 is 4.55. The molecule has 1 heterocycles. The first-order valence-corrected chi connectivity index (χ1v) is 7.77. The number of hydrogen-bond donors (Lipinski definition) is 0. The summed E-state index contributed by atoms with van der Waals surface area (Å²) in [5.74, 6) is 0.813. The molecular weight excluding hydrogens is 358 g/mol. The Morgan fingerprint density at radius 2 is 2.00 bits per heavy atom. The summed E-state index contributed by atoms with van der Waals surface area (Å²) in [6, 6.07) is 5.38. The summed E-state index contributed by atoms with van der Waals surface area (Å²) in [7, 11) is 3.13. The van der Waals surface area contributed by atoms with E-state index < -0.39 is 0 Å². The maximum absolute atomic E-state index is 12.0. The number of nitrogens with zero attached hydrogens (tertiary/aromatic N) is 1. The minimum absolute atomic E-state index is 0.319. The van der Waals surface area contributed by atoms with Crippen molar-refractivity contribution in [3.8, 4) is 22.8 Å². The van der Waals surface area contributed by atoms with Crippen LogP contribution in [0.3, 0.4) is 0 Å². The lowest BCUT2D eigenvalue weighted by atomic mass is 10.1. The number of esters is 1. The fourth-order valence-electron chi connectivity index (χ4n) is 1.81. The number of thiazole rings is 1. The molecule has 112 valence electrons. The zero-order valence-electron chi connectivity index (χ0n) is 11.8. The topological polar surface area (TPSA) is 57.7 Å². The van der Waals surface area contributed by atoms with E-state index in [1.54, 1.807) is 33.3 Å². The van der Waals surface area contributed by atoms with Gasteiger partial charge in [0.05, 0.1) is 26.5 Å². The van der Waals surface area contributed by atoms with E-state index in [1.807, 2.05) is 6.07 Å². The number of rotatable bonds is 5. The number of aromatic nitrogens is 1. The van der Waals surface area contributed by atoms with Gasteiger partial charge in [-0.3, -0.25) is 0 Å². The van der Waals surface area contributed by atoms with Crippen LogP contribution in [0.4, 0.5) is 0 Å². The Labute approximate surface area is 135 Å². The van der Waals surface area contributed by atoms with E-state index in [-0.39, 0.29) is 5.97 Å². The third kappa shape index (κ3) is 3.36. The lowest BCUT2D eigenvalue weighted by molar-refractivity contribution is 0.0532. The molecule has 7 heteroatoms. The van der Waals surface area contributed by atoms with Gasteiger partial charge in [0, 0.05) is 5.56 Å². The number of carbonyl (C=O) groups excluding carboxylic acids is 1. The van der Waals surface area contributed by atoms with E-state index in [4.69, 9.17) is 14.2 Å². The molecule has 21 heavy (non-hydrogen) atoms. The summed E-state index contributed by atoms with van der Waals surface area (Å²) < 4.78 is 16.2. The van der Waals surface area contributed by atoms with Gasteiger partial charge in [-0.15, -0.1) is 0 Å². The van der Waals surface area contributed by atoms with Crippen LogP contribution >= 0.6 is 27.3 Å². The summed E-state index contributed by atoms with van der Waals surface area (Å²) in [5.41, 5.74) is 1.32. The Bertz CT molecular complexity index is 656. The van der Waals surface area contributed by atoms with Crippen molar-refractivity contribution in [1.82, 2.24) is 4.98 Å². The third-order valence-corrected chi connectivity index (χ3v) is 4.21. The Hall–Kier alpha value is -1.60. The van der Waals surface area contributed by atoms with Crippen LogP contribution in [0.1, 0.15) is 16.6 Å². The largest absolute Gasteiger partial charge is 0.493 e. The Kier molecular flexibility index (Phi) is 5.19. The lowest BCUT2D eigenvalue weighted by Crippen LogP contribution is -2.04. The lowest BCUT2D eigenvalue weighted by Gasteiger charge is -2.09. The van der Waals surface area contributed by atoms with E-state index in [2.05, 4.69) is 20.9 Å². The molecule has 2 rings (SSSR count). The van der Waals surface area contributed by atoms with Gasteiger partial charge in [-0.1, -0.05) is 11.3 Å². The Morgan fingerprint density at radius 1 is 1.29 bits per heavy atom. The third-order valence-electron chi connectivity index (χ3n) is 2.72. The highest BCUT2D eigenvalue weighted by molar-refractivity contribution is 9.11. The molecule has 2 aromatic rings. The molecule has 0 saturated carbocycles. The van der Waals surface area contributed by atoms with Gasteiger partial charge in [0.15, 0.2) is 15.4 Å². The van der Waals surface area contributed by atoms with Crippen molar-refractivity contribution in [1.29, 1.82) is 0 Å². The van der Waals surface area contributed by atoms with Crippen molar-refractivity contribution in [3.05, 3.63) is 27.0 Å². The van der Waals surface area contributed by atoms with E-state index in [0.717, 1.165) is 5.56 Å². The quantitative estimate of drug-likeness (QED) is 0.748. The smallest absolute Gasteiger partial charge is 0.350 e. The molecule has 0 aliphatic heterocycles. The van der Waals surface area contributed by atoms with Crippen LogP contribution in [-0.4, -0.2) is 31.8 Å². The summed E-state index contributed by atoms with van der Waals surface area (Å²) in [4.78, 5) is 16.8. The van der Waals surface area contributed by atoms with Crippen molar-refractivity contribution in [3.63, 3.8) is 0 Å². The maximum atomic E-state index is 12.0. The molecular formula is C14H14BrNO4S. The van der Waals surface area contributed by atoms with E-state index >= 15 is 0 Å². The molecule has 0 radical (unpaired) electrons. The summed E-state index contributed by atoms with van der Waals surface area (Å²) in [6.07, 6.45) is 0. The molecule has 1 aromatic heterocycles. The summed E-state index contributed by atoms with van der Waals surface area (Å²) in [6.45, 7) is 2.09. The van der Waals surface area contributed by atoms with Gasteiger partial charge in [0.25, 0.3) is 0 Å². The van der Waals surface area contributed by atoms with Crippen LogP contribution in [0.25, 0.3) is 11.3 Å². The van der Waals surface area contributed by atoms with Crippen molar-refractivity contribution >= 4 is 33.2 Å². The molecule has 1 aromatic carbocycles. The van der Waals surface area contributed by atoms with Gasteiger partial charge in [-0.2, -0.15) is 0 Å². The average Bonchev–Trinajstić information content (AvgIpc) is 2.88. The molecule has 0 spiro atoms. The highest BCUT2D eigenvalue weighted by atomic mass is 79.9. The number of ether oxygens (including phenoxy) is 3. The molecule has 0 fully saturated rings. The minimum atomic E-state index is -0.384. The monoisotopic (exact) mass is 371 g/mol. The summed E-state index contributed by atoms with van der Waals surface area (Å²) in [5, 5.41) is 0. The second kappa shape index (κ2) is 6.91. The highest BCUT2D eigenvalue weighted by Gasteiger charge is 2.20. The fraction of sp³-hybridized carbons (Fsp3) is 0.286. The first kappa shape index (κ1) is 15.8. The van der Waals surface area contributed by atoms with Crippen molar-refractivity contribution in [2.45, 2.75) is 6.92 Å². The van der Waals surface area contributed by atoms with Crippen LogP contribution < -0.4 is 9.47 Å². The predicted octanol–water partition coefficient (Wildman–Crippen LogP) is 3.77. The molecule has 0 aliphatic rings. The maximum Gasteiger partial charge on any atom is 0.350 e. The molecule has 0 atom stereocenters. The first-order chi connectivity index (χ1) is 10.1. The van der Waals surface area contributed by atoms with Gasteiger partial charge in [-0.25, -0.2) is 9.78 Å². The number of carbonyl (C=O) groups is 1. The van der Waals surface area contributed by atoms with Gasteiger partial charge in [0.2, 0.25) is 0 Å². The molecule has 0 unspecified atom stereocenters. The first-order valence-electron chi connectivity index (χ1n) is 6.16. The molecule has 5 nitrogen and oxygen atoms in total. The van der Waals surface area contributed by atoms with Crippen LogP contribution in [0.2, 0.25) is 0 Å². The van der Waals surface area contributed by atoms with E-state index in [0.29, 0.717) is 32.6 Å². The Morgan fingerprint density at radius 3 is 2.62 bits per heavy atom. The standard InChI is InChI=1S/C14H14BrNO4S/c1-4-20-13(17)12-11(16-14(15)21-12)8-5-6-9(18-2)10(7-8)19-3/h5-7H,4H2,1-3H3. The second-order valence-electron chi connectivity index (χ2n) is 3.93. The average molecular weight is 372 g/mol. The van der Waals surface area contributed by atoms with Gasteiger partial charge >= 0.3 is 5.97 Å². The minimum Gasteiger partial charge on any atom is -0.493 e. The number of benzene rings is 1. The Balaban J connectivity index is 2.49. The number of methoxy groups -OCH3 is 2. The van der Waals surface area contributed by atoms with Crippen LogP contribution in [0.15, 0.2) is 22.1 Å². The van der Waals surface area contributed by atoms with Crippen molar-refractivity contribution < 1.29 is 19.0 Å². The van der Waals surface area contributed by atoms with Crippen LogP contribution in [0.5, 0.6) is 11.5 Å². The molecule has 0 N–H and O–H groups in total. The van der Waals surface area contributed by atoms with E-state index in [9.17, 15) is 4.79 Å². The fourth-order valence-corrected chi connectivity index (χ4v) is 3.18. The SMILES string of the molecule is CCOC(=O)c1sc(Br)nc1-c1ccc(OC)c(OC)c1. The van der Waals surface area contributed by atoms with Crippen LogP contribution in [-0.2, 0) is 4.74 Å². The van der Waals surface area contributed by atoms with Crippen LogP contribution in [0, 0.1) is 0 Å². The van der Waals surface area contributed by atoms with Gasteiger partial charge in [0.1, 0.15) is 4.88 Å². The van der Waals surface area contributed by atoms with E-state index in [1.165, 1.54) is 11.3 Å².